The van der Waals surface area contributed by atoms with Gasteiger partial charge < -0.3 is 10.6 Å². The SMILES string of the molecule is CNC(=O)CNc1c(C)cc(Br)cc1C. The van der Waals surface area contributed by atoms with Gasteiger partial charge in [0, 0.05) is 17.2 Å². The van der Waals surface area contributed by atoms with Gasteiger partial charge in [-0.1, -0.05) is 15.9 Å². The average molecular weight is 271 g/mol. The van der Waals surface area contributed by atoms with Crippen molar-refractivity contribution in [2.45, 2.75) is 13.8 Å². The van der Waals surface area contributed by atoms with E-state index < -0.39 is 0 Å². The Labute approximate surface area is 98.4 Å². The molecule has 0 fully saturated rings. The van der Waals surface area contributed by atoms with Crippen molar-refractivity contribution in [1.82, 2.24) is 5.32 Å². The van der Waals surface area contributed by atoms with Gasteiger partial charge in [0.1, 0.15) is 0 Å². The van der Waals surface area contributed by atoms with Gasteiger partial charge in [-0.3, -0.25) is 4.79 Å². The summed E-state index contributed by atoms with van der Waals surface area (Å²) in [5.41, 5.74) is 3.29. The molecule has 15 heavy (non-hydrogen) atoms. The number of aryl methyl sites for hydroxylation is 2. The monoisotopic (exact) mass is 270 g/mol. The molecular formula is C11H15BrN2O. The normalized spacial score (nSPS) is 9.87. The number of halogens is 1. The van der Waals surface area contributed by atoms with Gasteiger partial charge in [0.25, 0.3) is 0 Å². The van der Waals surface area contributed by atoms with E-state index in [-0.39, 0.29) is 5.91 Å². The Hall–Kier alpha value is -1.03. The highest BCUT2D eigenvalue weighted by Crippen LogP contribution is 2.24. The lowest BCUT2D eigenvalue weighted by molar-refractivity contribution is -0.118. The molecule has 0 bridgehead atoms. The maximum absolute atomic E-state index is 11.1. The van der Waals surface area contributed by atoms with Crippen LogP contribution in [0.1, 0.15) is 11.1 Å². The standard InChI is InChI=1S/C11H15BrN2O/c1-7-4-9(12)5-8(2)11(7)14-6-10(15)13-3/h4-5,14H,6H2,1-3H3,(H,13,15). The first-order valence-corrected chi connectivity index (χ1v) is 5.55. The molecule has 0 saturated heterocycles. The number of hydrogen-bond acceptors (Lipinski definition) is 2. The first kappa shape index (κ1) is 12.0. The number of hydrogen-bond donors (Lipinski definition) is 2. The van der Waals surface area contributed by atoms with Crippen molar-refractivity contribution in [3.05, 3.63) is 27.7 Å². The second kappa shape index (κ2) is 5.16. The summed E-state index contributed by atoms with van der Waals surface area (Å²) < 4.78 is 1.06. The maximum atomic E-state index is 11.1. The van der Waals surface area contributed by atoms with Gasteiger partial charge in [0.05, 0.1) is 6.54 Å². The highest BCUT2D eigenvalue weighted by Gasteiger charge is 2.05. The second-order valence-corrected chi connectivity index (χ2v) is 4.36. The van der Waals surface area contributed by atoms with E-state index in [0.717, 1.165) is 21.3 Å². The molecule has 3 nitrogen and oxygen atoms in total. The smallest absolute Gasteiger partial charge is 0.239 e. The van der Waals surface area contributed by atoms with Gasteiger partial charge >= 0.3 is 0 Å². The molecule has 0 aliphatic rings. The van der Waals surface area contributed by atoms with Crippen LogP contribution >= 0.6 is 15.9 Å². The molecule has 0 atom stereocenters. The van der Waals surface area contributed by atoms with E-state index >= 15 is 0 Å². The molecule has 82 valence electrons. The first-order valence-electron chi connectivity index (χ1n) is 4.75. The number of nitrogens with one attached hydrogen (secondary N) is 2. The van der Waals surface area contributed by atoms with Crippen LogP contribution in [0.2, 0.25) is 0 Å². The Morgan fingerprint density at radius 3 is 2.33 bits per heavy atom. The van der Waals surface area contributed by atoms with Crippen LogP contribution in [0.25, 0.3) is 0 Å². The number of rotatable bonds is 3. The molecule has 4 heteroatoms. The summed E-state index contributed by atoms with van der Waals surface area (Å²) >= 11 is 3.43. The Balaban J connectivity index is 2.81. The van der Waals surface area contributed by atoms with Crippen molar-refractivity contribution < 1.29 is 4.79 Å². The molecule has 0 heterocycles. The molecule has 0 aromatic heterocycles. The zero-order valence-corrected chi connectivity index (χ0v) is 10.7. The predicted octanol–water partition coefficient (Wildman–Crippen LogP) is 2.22. The van der Waals surface area contributed by atoms with Gasteiger partial charge in [0.15, 0.2) is 0 Å². The summed E-state index contributed by atoms with van der Waals surface area (Å²) in [6.07, 6.45) is 0. The molecule has 1 amide bonds. The molecule has 0 aliphatic carbocycles. The third-order valence-electron chi connectivity index (χ3n) is 2.20. The van der Waals surface area contributed by atoms with Crippen LogP contribution in [-0.4, -0.2) is 19.5 Å². The van der Waals surface area contributed by atoms with Crippen LogP contribution in [0.3, 0.4) is 0 Å². The fourth-order valence-corrected chi connectivity index (χ4v) is 2.13. The Bertz CT molecular complexity index is 354. The molecule has 0 aliphatic heterocycles. The summed E-state index contributed by atoms with van der Waals surface area (Å²) in [7, 11) is 1.63. The summed E-state index contributed by atoms with van der Waals surface area (Å²) in [5, 5.41) is 5.70. The first-order chi connectivity index (χ1) is 7.04. The average Bonchev–Trinajstić information content (AvgIpc) is 2.15. The van der Waals surface area contributed by atoms with Crippen LogP contribution in [0.4, 0.5) is 5.69 Å². The number of amides is 1. The van der Waals surface area contributed by atoms with E-state index in [0.29, 0.717) is 6.54 Å². The van der Waals surface area contributed by atoms with Crippen molar-refractivity contribution in [3.63, 3.8) is 0 Å². The largest absolute Gasteiger partial charge is 0.376 e. The Morgan fingerprint density at radius 1 is 1.33 bits per heavy atom. The quantitative estimate of drug-likeness (QED) is 0.885. The van der Waals surface area contributed by atoms with E-state index in [9.17, 15) is 4.79 Å². The van der Waals surface area contributed by atoms with Gasteiger partial charge in [-0.15, -0.1) is 0 Å². The summed E-state index contributed by atoms with van der Waals surface area (Å²) in [5.74, 6) is -0.0169. The molecule has 0 unspecified atom stereocenters. The summed E-state index contributed by atoms with van der Waals surface area (Å²) in [6, 6.07) is 4.05. The van der Waals surface area contributed by atoms with Crippen molar-refractivity contribution in [1.29, 1.82) is 0 Å². The molecule has 0 spiro atoms. The Morgan fingerprint density at radius 2 is 1.87 bits per heavy atom. The topological polar surface area (TPSA) is 41.1 Å². The fraction of sp³-hybridized carbons (Fsp3) is 0.364. The van der Waals surface area contributed by atoms with Crippen LogP contribution in [0.15, 0.2) is 16.6 Å². The van der Waals surface area contributed by atoms with E-state index in [4.69, 9.17) is 0 Å². The zero-order chi connectivity index (χ0) is 11.4. The number of anilines is 1. The summed E-state index contributed by atoms with van der Waals surface area (Å²) in [6.45, 7) is 4.34. The lowest BCUT2D eigenvalue weighted by atomic mass is 10.1. The molecule has 2 N–H and O–H groups in total. The third kappa shape index (κ3) is 3.23. The predicted molar refractivity (Wildman–Crippen MR) is 66.2 cm³/mol. The molecule has 1 rings (SSSR count). The van der Waals surface area contributed by atoms with Crippen LogP contribution in [0.5, 0.6) is 0 Å². The van der Waals surface area contributed by atoms with E-state index in [1.54, 1.807) is 7.05 Å². The lowest BCUT2D eigenvalue weighted by Gasteiger charge is -2.12. The van der Waals surface area contributed by atoms with Crippen molar-refractivity contribution in [3.8, 4) is 0 Å². The molecule has 1 aromatic carbocycles. The fourth-order valence-electron chi connectivity index (χ4n) is 1.45. The maximum Gasteiger partial charge on any atom is 0.239 e. The second-order valence-electron chi connectivity index (χ2n) is 3.44. The number of carbonyl (C=O) groups is 1. The molecule has 1 aromatic rings. The van der Waals surface area contributed by atoms with Gasteiger partial charge in [-0.25, -0.2) is 0 Å². The molecule has 0 saturated carbocycles. The van der Waals surface area contributed by atoms with Crippen LogP contribution in [0, 0.1) is 13.8 Å². The number of likely N-dealkylation sites (N-methyl/N-ethyl adjacent to an activating group) is 1. The highest BCUT2D eigenvalue weighted by molar-refractivity contribution is 9.10. The minimum absolute atomic E-state index is 0.0169. The van der Waals surface area contributed by atoms with Crippen molar-refractivity contribution in [2.75, 3.05) is 18.9 Å². The van der Waals surface area contributed by atoms with E-state index in [1.807, 2.05) is 26.0 Å². The molecular weight excluding hydrogens is 256 g/mol. The van der Waals surface area contributed by atoms with Crippen LogP contribution < -0.4 is 10.6 Å². The van der Waals surface area contributed by atoms with Gasteiger partial charge in [-0.05, 0) is 37.1 Å². The van der Waals surface area contributed by atoms with Crippen LogP contribution in [-0.2, 0) is 4.79 Å². The summed E-state index contributed by atoms with van der Waals surface area (Å²) in [4.78, 5) is 11.1. The Kier molecular flexibility index (Phi) is 4.15. The minimum Gasteiger partial charge on any atom is -0.376 e. The van der Waals surface area contributed by atoms with E-state index in [2.05, 4.69) is 26.6 Å². The van der Waals surface area contributed by atoms with Crippen molar-refractivity contribution >= 4 is 27.5 Å². The number of carbonyl (C=O) groups excluding carboxylic acids is 1. The van der Waals surface area contributed by atoms with Gasteiger partial charge in [0.2, 0.25) is 5.91 Å². The zero-order valence-electron chi connectivity index (χ0n) is 9.15. The number of benzene rings is 1. The third-order valence-corrected chi connectivity index (χ3v) is 2.66. The lowest BCUT2D eigenvalue weighted by Crippen LogP contribution is -2.26. The highest BCUT2D eigenvalue weighted by atomic mass is 79.9. The molecule has 0 radical (unpaired) electrons. The van der Waals surface area contributed by atoms with Gasteiger partial charge in [-0.2, -0.15) is 0 Å². The minimum atomic E-state index is -0.0169. The van der Waals surface area contributed by atoms with Crippen molar-refractivity contribution in [2.24, 2.45) is 0 Å². The van der Waals surface area contributed by atoms with E-state index in [1.165, 1.54) is 0 Å².